The smallest absolute Gasteiger partial charge is 0.305 e. The number of methoxy groups -OCH3 is 1. The summed E-state index contributed by atoms with van der Waals surface area (Å²) in [6.07, 6.45) is 1.73. The van der Waals surface area contributed by atoms with Crippen LogP contribution in [0.25, 0.3) is 0 Å². The summed E-state index contributed by atoms with van der Waals surface area (Å²) in [4.78, 5) is 69.7. The number of carbonyl (C=O) groups excluding carboxylic acids is 4. The summed E-state index contributed by atoms with van der Waals surface area (Å²) in [5.74, 6) is -1.27. The van der Waals surface area contributed by atoms with E-state index in [2.05, 4.69) is 0 Å². The molecule has 0 aliphatic carbocycles. The lowest BCUT2D eigenvalue weighted by atomic mass is 9.82. The zero-order valence-electron chi connectivity index (χ0n) is 27.8. The lowest BCUT2D eigenvalue weighted by Gasteiger charge is -2.33. The molecule has 0 bridgehead atoms. The number of aliphatic hydroxyl groups is 1. The molecule has 254 valence electrons. The largest absolute Gasteiger partial charge is 0.469 e. The number of aliphatic hydroxyl groups excluding tert-OH is 1. The molecule has 0 unspecified atom stereocenters. The van der Waals surface area contributed by atoms with Gasteiger partial charge < -0.3 is 34.1 Å². The molecule has 3 heterocycles. The van der Waals surface area contributed by atoms with Gasteiger partial charge in [0, 0.05) is 61.7 Å². The molecule has 12 heteroatoms. The van der Waals surface area contributed by atoms with Gasteiger partial charge in [0.2, 0.25) is 11.8 Å². The SMILES string of the molecule is COC(=O)CCCCN1C(=O)[C@]2(O[C@H](CC(=O)N(CCO)Cc3ccccc3)[C@@H]([Si](C)(C)O)[C@@H]2C)c2cc(N3CCCC3=O)ccc21. The molecule has 0 saturated carbocycles. The molecule has 5 rings (SSSR count). The predicted molar refractivity (Wildman–Crippen MR) is 179 cm³/mol. The van der Waals surface area contributed by atoms with Crippen molar-refractivity contribution in [1.29, 1.82) is 0 Å². The van der Waals surface area contributed by atoms with E-state index in [0.717, 1.165) is 12.0 Å². The molecule has 3 aliphatic rings. The monoisotopic (exact) mass is 665 g/mol. The Balaban J connectivity index is 1.50. The third-order valence-electron chi connectivity index (χ3n) is 9.91. The first-order chi connectivity index (χ1) is 22.4. The summed E-state index contributed by atoms with van der Waals surface area (Å²) in [5.41, 5.74) is 0.980. The van der Waals surface area contributed by atoms with E-state index in [1.807, 2.05) is 68.5 Å². The first-order valence-electron chi connectivity index (χ1n) is 16.6. The highest BCUT2D eigenvalue weighted by molar-refractivity contribution is 6.71. The topological polar surface area (TPSA) is 137 Å². The number of fused-ring (bicyclic) bond motifs is 2. The van der Waals surface area contributed by atoms with Crippen molar-refractivity contribution in [1.82, 2.24) is 4.90 Å². The van der Waals surface area contributed by atoms with Gasteiger partial charge in [-0.05, 0) is 56.1 Å². The quantitative estimate of drug-likeness (QED) is 0.188. The van der Waals surface area contributed by atoms with E-state index in [4.69, 9.17) is 9.47 Å². The van der Waals surface area contributed by atoms with Gasteiger partial charge >= 0.3 is 5.97 Å². The van der Waals surface area contributed by atoms with E-state index >= 15 is 0 Å². The second kappa shape index (κ2) is 14.3. The number of esters is 1. The summed E-state index contributed by atoms with van der Waals surface area (Å²) in [7, 11) is -1.69. The fraction of sp³-hybridized carbons (Fsp3) is 0.543. The minimum Gasteiger partial charge on any atom is -0.469 e. The molecule has 0 radical (unpaired) electrons. The van der Waals surface area contributed by atoms with Crippen LogP contribution in [-0.4, -0.2) is 86.3 Å². The van der Waals surface area contributed by atoms with Gasteiger partial charge in [-0.25, -0.2) is 0 Å². The maximum atomic E-state index is 14.7. The Morgan fingerprint density at radius 1 is 1.13 bits per heavy atom. The molecule has 2 fully saturated rings. The second-order valence-corrected chi connectivity index (χ2v) is 17.4. The van der Waals surface area contributed by atoms with Gasteiger partial charge in [-0.3, -0.25) is 19.2 Å². The zero-order valence-corrected chi connectivity index (χ0v) is 28.8. The molecule has 3 amide bonds. The van der Waals surface area contributed by atoms with E-state index in [1.54, 1.807) is 14.7 Å². The summed E-state index contributed by atoms with van der Waals surface area (Å²) < 4.78 is 11.7. The Bertz CT molecular complexity index is 1480. The van der Waals surface area contributed by atoms with Gasteiger partial charge in [-0.2, -0.15) is 0 Å². The molecule has 2 N–H and O–H groups in total. The van der Waals surface area contributed by atoms with Crippen LogP contribution in [0.15, 0.2) is 48.5 Å². The highest BCUT2D eigenvalue weighted by Gasteiger charge is 2.66. The Morgan fingerprint density at radius 3 is 2.51 bits per heavy atom. The molecule has 2 saturated heterocycles. The molecular weight excluding hydrogens is 618 g/mol. The van der Waals surface area contributed by atoms with Crippen LogP contribution < -0.4 is 9.80 Å². The number of ether oxygens (including phenoxy) is 2. The van der Waals surface area contributed by atoms with Gasteiger partial charge in [-0.15, -0.1) is 0 Å². The van der Waals surface area contributed by atoms with Crippen LogP contribution in [0.1, 0.15) is 56.6 Å². The van der Waals surface area contributed by atoms with Crippen molar-refractivity contribution in [2.45, 2.75) is 82.3 Å². The average molecular weight is 666 g/mol. The van der Waals surface area contributed by atoms with Gasteiger partial charge in [0.05, 0.1) is 31.9 Å². The number of hydrogen-bond acceptors (Lipinski definition) is 8. The highest BCUT2D eigenvalue weighted by Crippen LogP contribution is 2.60. The van der Waals surface area contributed by atoms with Crippen LogP contribution in [0, 0.1) is 5.92 Å². The van der Waals surface area contributed by atoms with Crippen molar-refractivity contribution in [3.8, 4) is 0 Å². The standard InChI is InChI=1S/C35H47N3O8Si/c1-24-33(47(3,4)44)29(22-31(41)36(19-20-39)23-25-11-6-5-7-12-25)46-35(24)27-21-26(37-18-10-13-30(37)40)15-16-28(27)38(34(35)43)17-9-8-14-32(42)45-2/h5-7,11-12,15-16,21,24,29,33,39,44H,8-10,13-14,17-20,22-23H2,1-4H3/t24-,29+,33-,35+/m0/s1. The minimum absolute atomic E-state index is 0.0241. The van der Waals surface area contributed by atoms with E-state index in [-0.39, 0.29) is 49.7 Å². The van der Waals surface area contributed by atoms with E-state index in [0.29, 0.717) is 55.8 Å². The van der Waals surface area contributed by atoms with Gasteiger partial charge in [0.15, 0.2) is 13.9 Å². The Labute approximate surface area is 277 Å². The Kier molecular flexibility index (Phi) is 10.5. The molecule has 4 atom stereocenters. The van der Waals surface area contributed by atoms with Crippen LogP contribution in [0.4, 0.5) is 11.4 Å². The Hall–Kier alpha value is -3.58. The molecule has 47 heavy (non-hydrogen) atoms. The molecule has 1 spiro atoms. The normalized spacial score (nSPS) is 23.9. The fourth-order valence-corrected chi connectivity index (χ4v) is 10.3. The molecule has 11 nitrogen and oxygen atoms in total. The Morgan fingerprint density at radius 2 is 1.87 bits per heavy atom. The molecule has 2 aromatic rings. The van der Waals surface area contributed by atoms with Crippen LogP contribution in [-0.2, 0) is 40.8 Å². The van der Waals surface area contributed by atoms with Gasteiger partial charge in [-0.1, -0.05) is 37.3 Å². The number of carbonyl (C=O) groups is 4. The lowest BCUT2D eigenvalue weighted by Crippen LogP contribution is -2.46. The lowest BCUT2D eigenvalue weighted by molar-refractivity contribution is -0.150. The van der Waals surface area contributed by atoms with Gasteiger partial charge in [0.25, 0.3) is 5.91 Å². The van der Waals surface area contributed by atoms with Crippen molar-refractivity contribution in [2.24, 2.45) is 5.92 Å². The maximum absolute atomic E-state index is 14.7. The number of amides is 3. The highest BCUT2D eigenvalue weighted by atomic mass is 28.4. The summed E-state index contributed by atoms with van der Waals surface area (Å²) >= 11 is 0. The van der Waals surface area contributed by atoms with E-state index < -0.39 is 31.5 Å². The van der Waals surface area contributed by atoms with Crippen molar-refractivity contribution in [3.63, 3.8) is 0 Å². The van der Waals surface area contributed by atoms with Crippen LogP contribution in [0.2, 0.25) is 18.6 Å². The molecule has 2 aromatic carbocycles. The predicted octanol–water partition coefficient (Wildman–Crippen LogP) is 3.71. The van der Waals surface area contributed by atoms with Crippen molar-refractivity contribution in [3.05, 3.63) is 59.7 Å². The molecule has 3 aliphatic heterocycles. The van der Waals surface area contributed by atoms with E-state index in [9.17, 15) is 29.1 Å². The number of rotatable bonds is 13. The molecule has 0 aromatic heterocycles. The van der Waals surface area contributed by atoms with Crippen LogP contribution in [0.5, 0.6) is 0 Å². The van der Waals surface area contributed by atoms with Crippen LogP contribution >= 0.6 is 0 Å². The number of hydrogen-bond donors (Lipinski definition) is 2. The maximum Gasteiger partial charge on any atom is 0.305 e. The van der Waals surface area contributed by atoms with Crippen molar-refractivity contribution >= 4 is 43.4 Å². The zero-order chi connectivity index (χ0) is 33.9. The first kappa shape index (κ1) is 34.7. The summed E-state index contributed by atoms with van der Waals surface area (Å²) in [6, 6.07) is 15.1. The van der Waals surface area contributed by atoms with Gasteiger partial charge in [0.1, 0.15) is 0 Å². The molecular formula is C35H47N3O8Si. The summed E-state index contributed by atoms with van der Waals surface area (Å²) in [6.45, 7) is 6.73. The number of anilines is 2. The third kappa shape index (κ3) is 6.87. The fourth-order valence-electron chi connectivity index (χ4n) is 7.74. The van der Waals surface area contributed by atoms with Crippen LogP contribution in [0.3, 0.4) is 0 Å². The second-order valence-electron chi connectivity index (χ2n) is 13.4. The average Bonchev–Trinajstić information content (AvgIpc) is 3.67. The summed E-state index contributed by atoms with van der Waals surface area (Å²) in [5, 5.41) is 9.79. The number of benzene rings is 2. The minimum atomic E-state index is -3.04. The van der Waals surface area contributed by atoms with Crippen molar-refractivity contribution in [2.75, 3.05) is 43.2 Å². The van der Waals surface area contributed by atoms with Crippen molar-refractivity contribution < 1.29 is 38.6 Å². The first-order valence-corrected chi connectivity index (χ1v) is 19.6. The number of unbranched alkanes of at least 4 members (excludes halogenated alkanes) is 1. The van der Waals surface area contributed by atoms with E-state index in [1.165, 1.54) is 7.11 Å². The number of nitrogens with zero attached hydrogens (tertiary/aromatic N) is 3. The third-order valence-corrected chi connectivity index (χ3v) is 12.4.